The van der Waals surface area contributed by atoms with E-state index in [4.69, 9.17) is 0 Å². The normalized spacial score (nSPS) is 13.5. The molecule has 1 rings (SSSR count). The van der Waals surface area contributed by atoms with E-state index in [0.29, 0.717) is 6.04 Å². The first-order chi connectivity index (χ1) is 6.43. The second-order valence-corrected chi connectivity index (χ2v) is 5.01. The molecule has 0 radical (unpaired) electrons. The number of hydrogen-bond donors (Lipinski definition) is 0. The highest BCUT2D eigenvalue weighted by atomic mass is 35.5. The monoisotopic (exact) mass is 228 g/mol. The van der Waals surface area contributed by atoms with E-state index in [1.807, 2.05) is 12.4 Å². The minimum absolute atomic E-state index is 0. The molecule has 0 bridgehead atoms. The highest BCUT2D eigenvalue weighted by Gasteiger charge is 2.27. The first-order valence-electron chi connectivity index (χ1n) is 4.99. The third-order valence-electron chi connectivity index (χ3n) is 2.36. The summed E-state index contributed by atoms with van der Waals surface area (Å²) in [6.07, 6.45) is 3.72. The summed E-state index contributed by atoms with van der Waals surface area (Å²) >= 11 is 0. The van der Waals surface area contributed by atoms with Crippen LogP contribution >= 0.6 is 12.4 Å². The van der Waals surface area contributed by atoms with E-state index in [1.165, 1.54) is 5.56 Å². The maximum Gasteiger partial charge on any atom is 0.0391 e. The minimum Gasteiger partial charge on any atom is -0.302 e. The number of hydrogen-bond acceptors (Lipinski definition) is 2. The van der Waals surface area contributed by atoms with Crippen LogP contribution in [0.1, 0.15) is 32.4 Å². The molecule has 0 aliphatic rings. The average Bonchev–Trinajstić information content (AvgIpc) is 2.02. The van der Waals surface area contributed by atoms with Crippen LogP contribution in [-0.4, -0.2) is 24.0 Å². The molecular formula is C12H21ClN2. The molecule has 0 aliphatic heterocycles. The van der Waals surface area contributed by atoms with E-state index < -0.39 is 0 Å². The lowest BCUT2D eigenvalue weighted by atomic mass is 9.82. The first kappa shape index (κ1) is 14.4. The topological polar surface area (TPSA) is 16.1 Å². The predicted octanol–water partition coefficient (Wildman–Crippen LogP) is 3.15. The second kappa shape index (κ2) is 5.47. The standard InChI is InChI=1S/C12H20N2.ClH/c1-12(2,3)11(14(4)5)10-6-8-13-9-7-10;/h6-9,11H,1-5H3;1H. The van der Waals surface area contributed by atoms with Crippen LogP contribution in [0.15, 0.2) is 24.5 Å². The van der Waals surface area contributed by atoms with Crippen molar-refractivity contribution >= 4 is 12.4 Å². The third-order valence-corrected chi connectivity index (χ3v) is 2.36. The molecule has 0 fully saturated rings. The maximum atomic E-state index is 4.05. The van der Waals surface area contributed by atoms with E-state index >= 15 is 0 Å². The van der Waals surface area contributed by atoms with Crippen molar-refractivity contribution in [3.05, 3.63) is 30.1 Å². The lowest BCUT2D eigenvalue weighted by Gasteiger charge is -2.36. The van der Waals surface area contributed by atoms with Gasteiger partial charge in [-0.3, -0.25) is 4.98 Å². The molecule has 0 N–H and O–H groups in total. The van der Waals surface area contributed by atoms with Crippen molar-refractivity contribution in [2.24, 2.45) is 5.41 Å². The van der Waals surface area contributed by atoms with Crippen LogP contribution in [0.3, 0.4) is 0 Å². The molecule has 0 saturated carbocycles. The number of aromatic nitrogens is 1. The van der Waals surface area contributed by atoms with E-state index in [0.717, 1.165) is 0 Å². The van der Waals surface area contributed by atoms with Crippen molar-refractivity contribution < 1.29 is 0 Å². The molecule has 2 nitrogen and oxygen atoms in total. The SMILES string of the molecule is CN(C)C(c1ccncc1)C(C)(C)C.Cl. The van der Waals surface area contributed by atoms with Crippen LogP contribution in [0.25, 0.3) is 0 Å². The fourth-order valence-electron chi connectivity index (χ4n) is 2.12. The molecule has 1 aromatic rings. The molecule has 15 heavy (non-hydrogen) atoms. The zero-order chi connectivity index (χ0) is 10.8. The van der Waals surface area contributed by atoms with E-state index in [-0.39, 0.29) is 17.8 Å². The van der Waals surface area contributed by atoms with Gasteiger partial charge in [-0.25, -0.2) is 0 Å². The summed E-state index contributed by atoms with van der Waals surface area (Å²) in [5, 5.41) is 0. The number of halogens is 1. The fourth-order valence-corrected chi connectivity index (χ4v) is 2.12. The predicted molar refractivity (Wildman–Crippen MR) is 67.4 cm³/mol. The molecule has 3 heteroatoms. The van der Waals surface area contributed by atoms with Gasteiger partial charge in [-0.1, -0.05) is 20.8 Å². The van der Waals surface area contributed by atoms with Crippen LogP contribution in [-0.2, 0) is 0 Å². The largest absolute Gasteiger partial charge is 0.302 e. The van der Waals surface area contributed by atoms with Gasteiger partial charge in [0.25, 0.3) is 0 Å². The fraction of sp³-hybridized carbons (Fsp3) is 0.583. The van der Waals surface area contributed by atoms with Gasteiger partial charge in [0, 0.05) is 18.4 Å². The van der Waals surface area contributed by atoms with Crippen LogP contribution < -0.4 is 0 Å². The molecule has 1 heterocycles. The number of rotatable bonds is 2. The van der Waals surface area contributed by atoms with Crippen LogP contribution in [0.2, 0.25) is 0 Å². The second-order valence-electron chi connectivity index (χ2n) is 5.01. The zero-order valence-electron chi connectivity index (χ0n) is 10.2. The van der Waals surface area contributed by atoms with Crippen LogP contribution in [0, 0.1) is 5.41 Å². The Labute approximate surface area is 99.1 Å². The summed E-state index contributed by atoms with van der Waals surface area (Å²) in [7, 11) is 4.24. The Hall–Kier alpha value is -0.600. The smallest absolute Gasteiger partial charge is 0.0391 e. The Morgan fingerprint density at radius 2 is 1.60 bits per heavy atom. The van der Waals surface area contributed by atoms with Gasteiger partial charge in [-0.05, 0) is 37.2 Å². The lowest BCUT2D eigenvalue weighted by Crippen LogP contribution is -2.31. The van der Waals surface area contributed by atoms with Gasteiger partial charge in [0.2, 0.25) is 0 Å². The summed E-state index contributed by atoms with van der Waals surface area (Å²) in [5.41, 5.74) is 1.57. The van der Waals surface area contributed by atoms with Crippen LogP contribution in [0.4, 0.5) is 0 Å². The van der Waals surface area contributed by atoms with E-state index in [2.05, 4.69) is 56.9 Å². The van der Waals surface area contributed by atoms with Gasteiger partial charge in [-0.2, -0.15) is 0 Å². The van der Waals surface area contributed by atoms with Crippen molar-refractivity contribution in [2.45, 2.75) is 26.8 Å². The van der Waals surface area contributed by atoms with Crippen molar-refractivity contribution in [2.75, 3.05) is 14.1 Å². The Balaban J connectivity index is 0.00000196. The molecule has 0 aromatic carbocycles. The molecule has 86 valence electrons. The molecule has 1 atom stereocenters. The molecule has 1 aromatic heterocycles. The van der Waals surface area contributed by atoms with Gasteiger partial charge in [0.05, 0.1) is 0 Å². The lowest BCUT2D eigenvalue weighted by molar-refractivity contribution is 0.154. The Morgan fingerprint density at radius 3 is 1.93 bits per heavy atom. The number of nitrogens with zero attached hydrogens (tertiary/aromatic N) is 2. The van der Waals surface area contributed by atoms with E-state index in [1.54, 1.807) is 0 Å². The molecular weight excluding hydrogens is 208 g/mol. The Kier molecular flexibility index (Phi) is 5.26. The van der Waals surface area contributed by atoms with Gasteiger partial charge in [0.1, 0.15) is 0 Å². The summed E-state index contributed by atoms with van der Waals surface area (Å²) in [4.78, 5) is 6.31. The molecule has 0 aliphatic carbocycles. The highest BCUT2D eigenvalue weighted by molar-refractivity contribution is 5.85. The summed E-state index contributed by atoms with van der Waals surface area (Å²) in [6, 6.07) is 4.62. The summed E-state index contributed by atoms with van der Waals surface area (Å²) < 4.78 is 0. The van der Waals surface area contributed by atoms with Crippen molar-refractivity contribution in [1.82, 2.24) is 9.88 Å². The van der Waals surface area contributed by atoms with Crippen molar-refractivity contribution in [3.63, 3.8) is 0 Å². The van der Waals surface area contributed by atoms with Gasteiger partial charge >= 0.3 is 0 Å². The first-order valence-corrected chi connectivity index (χ1v) is 4.99. The van der Waals surface area contributed by atoms with Crippen molar-refractivity contribution in [3.8, 4) is 0 Å². The van der Waals surface area contributed by atoms with Gasteiger partial charge in [0.15, 0.2) is 0 Å². The molecule has 0 spiro atoms. The maximum absolute atomic E-state index is 4.05. The van der Waals surface area contributed by atoms with E-state index in [9.17, 15) is 0 Å². The van der Waals surface area contributed by atoms with Crippen LogP contribution in [0.5, 0.6) is 0 Å². The molecule has 1 unspecified atom stereocenters. The Bertz CT molecular complexity index is 277. The summed E-state index contributed by atoms with van der Waals surface area (Å²) in [5.74, 6) is 0. The quantitative estimate of drug-likeness (QED) is 0.773. The Morgan fingerprint density at radius 1 is 1.13 bits per heavy atom. The third kappa shape index (κ3) is 3.80. The van der Waals surface area contributed by atoms with Crippen molar-refractivity contribution in [1.29, 1.82) is 0 Å². The summed E-state index contributed by atoms with van der Waals surface area (Å²) in [6.45, 7) is 6.79. The van der Waals surface area contributed by atoms with Gasteiger partial charge < -0.3 is 4.90 Å². The number of pyridine rings is 1. The van der Waals surface area contributed by atoms with Gasteiger partial charge in [-0.15, -0.1) is 12.4 Å². The molecule has 0 amide bonds. The average molecular weight is 229 g/mol. The minimum atomic E-state index is 0. The zero-order valence-corrected chi connectivity index (χ0v) is 11.0. The molecule has 0 saturated heterocycles. The highest BCUT2D eigenvalue weighted by Crippen LogP contribution is 2.35.